The lowest BCUT2D eigenvalue weighted by molar-refractivity contribution is -0.119. The maximum Gasteiger partial charge on any atom is 0.319 e. The molecule has 1 atom stereocenters. The number of nitrogens with one attached hydrogen (secondary N) is 3. The van der Waals surface area contributed by atoms with E-state index < -0.39 is 0 Å². The Kier molecular flexibility index (Phi) is 4.90. The summed E-state index contributed by atoms with van der Waals surface area (Å²) >= 11 is 0. The van der Waals surface area contributed by atoms with Crippen molar-refractivity contribution in [2.75, 3.05) is 11.9 Å². The molecule has 1 aromatic heterocycles. The molecule has 1 aromatic carbocycles. The zero-order chi connectivity index (χ0) is 16.8. The minimum atomic E-state index is -0.364. The predicted molar refractivity (Wildman–Crippen MR) is 88.6 cm³/mol. The van der Waals surface area contributed by atoms with Gasteiger partial charge in [-0.2, -0.15) is 0 Å². The average molecular weight is 326 g/mol. The van der Waals surface area contributed by atoms with Crippen molar-refractivity contribution >= 4 is 17.6 Å². The molecule has 0 saturated carbocycles. The van der Waals surface area contributed by atoms with Gasteiger partial charge < -0.3 is 20.7 Å². The Hall–Kier alpha value is -3.09. The molecule has 3 rings (SSSR count). The van der Waals surface area contributed by atoms with Crippen molar-refractivity contribution in [2.24, 2.45) is 0 Å². The minimum absolute atomic E-state index is 0.0548. The maximum atomic E-state index is 11.9. The van der Waals surface area contributed by atoms with Crippen LogP contribution >= 0.6 is 0 Å². The van der Waals surface area contributed by atoms with E-state index in [1.165, 1.54) is 0 Å². The van der Waals surface area contributed by atoms with Crippen molar-refractivity contribution in [2.45, 2.75) is 19.1 Å². The summed E-state index contributed by atoms with van der Waals surface area (Å²) in [5.41, 5.74) is 1.61. The first-order valence-corrected chi connectivity index (χ1v) is 7.66. The second-order valence-electron chi connectivity index (χ2n) is 5.46. The van der Waals surface area contributed by atoms with Gasteiger partial charge in [-0.1, -0.05) is 30.3 Å². The van der Waals surface area contributed by atoms with Crippen LogP contribution in [0.3, 0.4) is 0 Å². The topological polar surface area (TPSA) is 92.4 Å². The number of anilines is 1. The third-order valence-electron chi connectivity index (χ3n) is 3.53. The van der Waals surface area contributed by atoms with Crippen molar-refractivity contribution in [1.29, 1.82) is 0 Å². The van der Waals surface area contributed by atoms with Crippen molar-refractivity contribution in [3.63, 3.8) is 0 Å². The highest BCUT2D eigenvalue weighted by Gasteiger charge is 2.22. The number of nitrogens with zero attached hydrogens (tertiary/aromatic N) is 1. The zero-order valence-electron chi connectivity index (χ0n) is 13.0. The van der Waals surface area contributed by atoms with E-state index in [0.29, 0.717) is 31.1 Å². The number of urea groups is 1. The van der Waals surface area contributed by atoms with E-state index in [4.69, 9.17) is 4.74 Å². The van der Waals surface area contributed by atoms with Crippen molar-refractivity contribution in [1.82, 2.24) is 15.6 Å². The van der Waals surface area contributed by atoms with E-state index in [0.717, 1.165) is 5.56 Å². The smallest absolute Gasteiger partial charge is 0.319 e. The lowest BCUT2D eigenvalue weighted by Crippen LogP contribution is -2.39. The molecule has 1 saturated heterocycles. The molecule has 0 radical (unpaired) electrons. The number of aromatic nitrogens is 1. The monoisotopic (exact) mass is 326 g/mol. The van der Waals surface area contributed by atoms with E-state index in [1.54, 1.807) is 18.3 Å². The molecule has 1 aliphatic heterocycles. The van der Waals surface area contributed by atoms with Crippen LogP contribution < -0.4 is 20.7 Å². The Morgan fingerprint density at radius 2 is 2.12 bits per heavy atom. The van der Waals surface area contributed by atoms with Crippen LogP contribution in [0.2, 0.25) is 0 Å². The van der Waals surface area contributed by atoms with E-state index >= 15 is 0 Å². The molecule has 3 N–H and O–H groups in total. The van der Waals surface area contributed by atoms with Gasteiger partial charge in [0.05, 0.1) is 6.04 Å². The molecular formula is C17H18N4O3. The van der Waals surface area contributed by atoms with Crippen LogP contribution in [-0.4, -0.2) is 29.5 Å². The summed E-state index contributed by atoms with van der Waals surface area (Å²) in [5, 5.41) is 8.12. The Morgan fingerprint density at radius 3 is 2.88 bits per heavy atom. The van der Waals surface area contributed by atoms with E-state index in [9.17, 15) is 9.59 Å². The number of hydrogen-bond donors (Lipinski definition) is 3. The average Bonchev–Trinajstić information content (AvgIpc) is 2.99. The fraction of sp³-hybridized carbons (Fsp3) is 0.235. The summed E-state index contributed by atoms with van der Waals surface area (Å²) in [6, 6.07) is 12.5. The van der Waals surface area contributed by atoms with E-state index in [2.05, 4.69) is 20.9 Å². The Labute approximate surface area is 139 Å². The molecular weight excluding hydrogens is 308 g/mol. The number of carbonyl (C=O) groups excluding carboxylic acids is 2. The summed E-state index contributed by atoms with van der Waals surface area (Å²) in [6.07, 6.45) is 1.87. The number of ether oxygens (including phenoxy) is 1. The van der Waals surface area contributed by atoms with Gasteiger partial charge in [-0.25, -0.2) is 9.78 Å². The molecule has 1 fully saturated rings. The van der Waals surface area contributed by atoms with Gasteiger partial charge in [0.1, 0.15) is 6.61 Å². The summed E-state index contributed by atoms with van der Waals surface area (Å²) < 4.78 is 5.62. The fourth-order valence-electron chi connectivity index (χ4n) is 2.36. The third-order valence-corrected chi connectivity index (χ3v) is 3.53. The van der Waals surface area contributed by atoms with Crippen molar-refractivity contribution in [3.05, 3.63) is 54.2 Å². The highest BCUT2D eigenvalue weighted by molar-refractivity contribution is 5.90. The van der Waals surface area contributed by atoms with Gasteiger partial charge in [-0.3, -0.25) is 4.79 Å². The molecule has 0 bridgehead atoms. The van der Waals surface area contributed by atoms with Crippen molar-refractivity contribution in [3.8, 4) is 5.88 Å². The number of amides is 3. The van der Waals surface area contributed by atoms with Crippen LogP contribution in [0.4, 0.5) is 10.5 Å². The first kappa shape index (κ1) is 15.8. The van der Waals surface area contributed by atoms with Gasteiger partial charge >= 0.3 is 6.03 Å². The number of carbonyl (C=O) groups is 2. The summed E-state index contributed by atoms with van der Waals surface area (Å²) in [4.78, 5) is 27.2. The van der Waals surface area contributed by atoms with Gasteiger partial charge in [-0.15, -0.1) is 0 Å². The number of hydrogen-bond acceptors (Lipinski definition) is 4. The standard InChI is InChI=1S/C17H18N4O3/c22-15-8-14(10-19-15)21-17(23)20-13-6-7-18-16(9-13)24-11-12-4-2-1-3-5-12/h1-7,9,14H,8,10-11H2,(H,19,22)(H2,18,20,21,23). The minimum Gasteiger partial charge on any atom is -0.473 e. The first-order chi connectivity index (χ1) is 11.7. The number of pyridine rings is 1. The van der Waals surface area contributed by atoms with Gasteiger partial charge in [0.25, 0.3) is 0 Å². The lowest BCUT2D eigenvalue weighted by atomic mass is 10.2. The second-order valence-corrected chi connectivity index (χ2v) is 5.46. The number of rotatable bonds is 5. The maximum absolute atomic E-state index is 11.9. The molecule has 2 aromatic rings. The Morgan fingerprint density at radius 1 is 1.29 bits per heavy atom. The second kappa shape index (κ2) is 7.45. The van der Waals surface area contributed by atoms with Crippen LogP contribution in [0.25, 0.3) is 0 Å². The quantitative estimate of drug-likeness (QED) is 0.779. The van der Waals surface area contributed by atoms with Gasteiger partial charge in [-0.05, 0) is 11.6 Å². The molecule has 1 unspecified atom stereocenters. The molecule has 7 heteroatoms. The predicted octanol–water partition coefficient (Wildman–Crippen LogP) is 1.67. The Bertz CT molecular complexity index is 721. The Balaban J connectivity index is 1.52. The normalized spacial score (nSPS) is 16.3. The van der Waals surface area contributed by atoms with Gasteiger partial charge in [0.15, 0.2) is 0 Å². The number of benzene rings is 1. The molecule has 24 heavy (non-hydrogen) atoms. The largest absolute Gasteiger partial charge is 0.473 e. The highest BCUT2D eigenvalue weighted by Crippen LogP contribution is 2.15. The fourth-order valence-corrected chi connectivity index (χ4v) is 2.36. The van der Waals surface area contributed by atoms with Gasteiger partial charge in [0.2, 0.25) is 11.8 Å². The molecule has 0 aliphatic carbocycles. The van der Waals surface area contributed by atoms with Crippen LogP contribution in [-0.2, 0) is 11.4 Å². The molecule has 7 nitrogen and oxygen atoms in total. The third kappa shape index (κ3) is 4.45. The summed E-state index contributed by atoms with van der Waals surface area (Å²) in [6.45, 7) is 0.855. The molecule has 0 spiro atoms. The molecule has 2 heterocycles. The first-order valence-electron chi connectivity index (χ1n) is 7.66. The molecule has 124 valence electrons. The van der Waals surface area contributed by atoms with Crippen LogP contribution in [0, 0.1) is 0 Å². The zero-order valence-corrected chi connectivity index (χ0v) is 13.0. The summed E-state index contributed by atoms with van der Waals surface area (Å²) in [7, 11) is 0. The molecule has 1 aliphatic rings. The molecule has 3 amide bonds. The summed E-state index contributed by atoms with van der Waals surface area (Å²) in [5.74, 6) is 0.371. The van der Waals surface area contributed by atoms with Crippen molar-refractivity contribution < 1.29 is 14.3 Å². The lowest BCUT2D eigenvalue weighted by Gasteiger charge is -2.12. The van der Waals surface area contributed by atoms with E-state index in [-0.39, 0.29) is 18.0 Å². The van der Waals surface area contributed by atoms with Crippen LogP contribution in [0.15, 0.2) is 48.7 Å². The highest BCUT2D eigenvalue weighted by atomic mass is 16.5. The van der Waals surface area contributed by atoms with Crippen LogP contribution in [0.1, 0.15) is 12.0 Å². The van der Waals surface area contributed by atoms with Gasteiger partial charge in [0, 0.05) is 30.9 Å². The van der Waals surface area contributed by atoms with E-state index in [1.807, 2.05) is 30.3 Å². The van der Waals surface area contributed by atoms with Crippen LogP contribution in [0.5, 0.6) is 5.88 Å². The SMILES string of the molecule is O=C1CC(NC(=O)Nc2ccnc(OCc3ccccc3)c2)CN1.